The predicted molar refractivity (Wildman–Crippen MR) is 57.8 cm³/mol. The van der Waals surface area contributed by atoms with Gasteiger partial charge in [0, 0.05) is 5.92 Å². The summed E-state index contributed by atoms with van der Waals surface area (Å²) < 4.78 is 11.1. The van der Waals surface area contributed by atoms with Crippen LogP contribution in [0.15, 0.2) is 24.3 Å². The van der Waals surface area contributed by atoms with Crippen molar-refractivity contribution in [2.75, 3.05) is 6.61 Å². The van der Waals surface area contributed by atoms with Crippen molar-refractivity contribution in [3.05, 3.63) is 24.3 Å². The number of benzene rings is 1. The molecule has 0 saturated carbocycles. The fourth-order valence-corrected chi connectivity index (χ4v) is 1.70. The summed E-state index contributed by atoms with van der Waals surface area (Å²) in [5, 5.41) is 9.28. The first kappa shape index (κ1) is 10.8. The summed E-state index contributed by atoms with van der Waals surface area (Å²) in [5.74, 6) is -0.0692. The Bertz CT molecular complexity index is 413. The summed E-state index contributed by atoms with van der Waals surface area (Å²) in [7, 11) is 0. The van der Waals surface area contributed by atoms with Gasteiger partial charge in [0.25, 0.3) is 0 Å². The molecule has 0 spiro atoms. The number of rotatable bonds is 2. The van der Waals surface area contributed by atoms with E-state index in [1.807, 2.05) is 19.9 Å². The highest BCUT2D eigenvalue weighted by Crippen LogP contribution is 2.37. The predicted octanol–water partition coefficient (Wildman–Crippen LogP) is 1.94. The van der Waals surface area contributed by atoms with E-state index < -0.39 is 11.6 Å². The fourth-order valence-electron chi connectivity index (χ4n) is 1.70. The smallest absolute Gasteiger partial charge is 0.351 e. The molecule has 0 fully saturated rings. The van der Waals surface area contributed by atoms with Crippen LogP contribution in [0.25, 0.3) is 0 Å². The lowest BCUT2D eigenvalue weighted by Gasteiger charge is -2.37. The molecule has 0 bridgehead atoms. The van der Waals surface area contributed by atoms with Gasteiger partial charge in [-0.05, 0) is 12.1 Å². The van der Waals surface area contributed by atoms with E-state index in [-0.39, 0.29) is 12.5 Å². The molecule has 0 radical (unpaired) electrons. The summed E-state index contributed by atoms with van der Waals surface area (Å²) in [6.45, 7) is 3.66. The molecule has 0 aromatic heterocycles. The molecular formula is C12H14O4. The van der Waals surface area contributed by atoms with Crippen molar-refractivity contribution in [1.29, 1.82) is 0 Å². The number of carboxylic acid groups (broad SMARTS) is 1. The third-order valence-electron chi connectivity index (χ3n) is 2.88. The fraction of sp³-hybridized carbons (Fsp3) is 0.417. The first-order chi connectivity index (χ1) is 7.56. The molecule has 1 aromatic carbocycles. The van der Waals surface area contributed by atoms with Crippen LogP contribution in [0.3, 0.4) is 0 Å². The summed E-state index contributed by atoms with van der Waals surface area (Å²) in [5.41, 5.74) is -1.28. The van der Waals surface area contributed by atoms with Crippen LogP contribution in [-0.2, 0) is 4.79 Å². The largest absolute Gasteiger partial charge is 0.485 e. The highest BCUT2D eigenvalue weighted by Gasteiger charge is 2.48. The Morgan fingerprint density at radius 2 is 2.00 bits per heavy atom. The van der Waals surface area contributed by atoms with Gasteiger partial charge >= 0.3 is 5.97 Å². The number of aliphatic carboxylic acids is 1. The molecule has 2 rings (SSSR count). The second-order valence-electron chi connectivity index (χ2n) is 4.19. The summed E-state index contributed by atoms with van der Waals surface area (Å²) >= 11 is 0. The van der Waals surface area contributed by atoms with Gasteiger partial charge in [-0.1, -0.05) is 26.0 Å². The Morgan fingerprint density at radius 1 is 1.38 bits per heavy atom. The third kappa shape index (κ3) is 1.50. The molecule has 0 amide bonds. The van der Waals surface area contributed by atoms with Gasteiger partial charge < -0.3 is 14.6 Å². The van der Waals surface area contributed by atoms with E-state index in [9.17, 15) is 9.90 Å². The van der Waals surface area contributed by atoms with E-state index in [0.717, 1.165) is 0 Å². The van der Waals surface area contributed by atoms with E-state index in [0.29, 0.717) is 11.5 Å². The van der Waals surface area contributed by atoms with E-state index in [2.05, 4.69) is 0 Å². The van der Waals surface area contributed by atoms with Crippen LogP contribution in [0.2, 0.25) is 0 Å². The second-order valence-corrected chi connectivity index (χ2v) is 4.19. The van der Waals surface area contributed by atoms with Gasteiger partial charge in [-0.15, -0.1) is 0 Å². The van der Waals surface area contributed by atoms with Crippen LogP contribution in [-0.4, -0.2) is 23.3 Å². The Morgan fingerprint density at radius 3 is 2.56 bits per heavy atom. The van der Waals surface area contributed by atoms with Crippen LogP contribution >= 0.6 is 0 Å². The molecule has 86 valence electrons. The molecule has 0 saturated heterocycles. The van der Waals surface area contributed by atoms with Gasteiger partial charge in [0.15, 0.2) is 11.5 Å². The van der Waals surface area contributed by atoms with E-state index in [4.69, 9.17) is 9.47 Å². The average Bonchev–Trinajstić information content (AvgIpc) is 2.27. The third-order valence-corrected chi connectivity index (χ3v) is 2.88. The van der Waals surface area contributed by atoms with Gasteiger partial charge in [0.2, 0.25) is 5.60 Å². The number of para-hydroxylation sites is 2. The van der Waals surface area contributed by atoms with Gasteiger partial charge in [-0.3, -0.25) is 0 Å². The van der Waals surface area contributed by atoms with Gasteiger partial charge in [-0.2, -0.15) is 0 Å². The molecule has 1 N–H and O–H groups in total. The first-order valence-corrected chi connectivity index (χ1v) is 5.20. The van der Waals surface area contributed by atoms with Crippen LogP contribution < -0.4 is 9.47 Å². The number of hydrogen-bond acceptors (Lipinski definition) is 3. The van der Waals surface area contributed by atoms with Crippen molar-refractivity contribution in [3.8, 4) is 11.5 Å². The zero-order valence-electron chi connectivity index (χ0n) is 9.27. The Balaban J connectivity index is 2.39. The lowest BCUT2D eigenvalue weighted by atomic mass is 9.90. The van der Waals surface area contributed by atoms with E-state index >= 15 is 0 Å². The standard InChI is InChI=1S/C12H14O4/c1-8(2)12(11(13)14)7-15-9-5-3-4-6-10(9)16-12/h3-6,8H,7H2,1-2H3,(H,13,14)/t12-/m1/s1. The molecule has 1 aromatic rings. The molecule has 1 atom stereocenters. The lowest BCUT2D eigenvalue weighted by molar-refractivity contribution is -0.166. The summed E-state index contributed by atoms with van der Waals surface area (Å²) in [4.78, 5) is 11.3. The maximum absolute atomic E-state index is 11.3. The van der Waals surface area contributed by atoms with Crippen molar-refractivity contribution >= 4 is 5.97 Å². The maximum atomic E-state index is 11.3. The highest BCUT2D eigenvalue weighted by molar-refractivity contribution is 5.79. The van der Waals surface area contributed by atoms with Crippen LogP contribution in [0.5, 0.6) is 11.5 Å². The molecule has 1 aliphatic rings. The molecule has 1 aliphatic heterocycles. The number of fused-ring (bicyclic) bond motifs is 1. The lowest BCUT2D eigenvalue weighted by Crippen LogP contribution is -2.55. The molecule has 1 heterocycles. The summed E-state index contributed by atoms with van der Waals surface area (Å²) in [6, 6.07) is 7.10. The molecule has 4 nitrogen and oxygen atoms in total. The van der Waals surface area contributed by atoms with Crippen molar-refractivity contribution in [2.24, 2.45) is 5.92 Å². The SMILES string of the molecule is CC(C)[C@@]1(C(=O)O)COc2ccccc2O1. The zero-order chi connectivity index (χ0) is 11.8. The highest BCUT2D eigenvalue weighted by atomic mass is 16.6. The topological polar surface area (TPSA) is 55.8 Å². The Kier molecular flexibility index (Phi) is 2.50. The van der Waals surface area contributed by atoms with Crippen molar-refractivity contribution < 1.29 is 19.4 Å². The van der Waals surface area contributed by atoms with Crippen molar-refractivity contribution in [2.45, 2.75) is 19.4 Å². The van der Waals surface area contributed by atoms with Crippen LogP contribution in [0.1, 0.15) is 13.8 Å². The molecule has 0 aliphatic carbocycles. The minimum absolute atomic E-state index is 0.0387. The first-order valence-electron chi connectivity index (χ1n) is 5.20. The van der Waals surface area contributed by atoms with E-state index in [1.54, 1.807) is 18.2 Å². The number of carbonyl (C=O) groups is 1. The normalized spacial score (nSPS) is 23.2. The zero-order valence-corrected chi connectivity index (χ0v) is 9.27. The monoisotopic (exact) mass is 222 g/mol. The molecule has 4 heteroatoms. The quantitative estimate of drug-likeness (QED) is 0.830. The maximum Gasteiger partial charge on any atom is 0.351 e. The minimum Gasteiger partial charge on any atom is -0.485 e. The average molecular weight is 222 g/mol. The van der Waals surface area contributed by atoms with Crippen LogP contribution in [0, 0.1) is 5.92 Å². The number of hydrogen-bond donors (Lipinski definition) is 1. The number of carboxylic acids is 1. The number of ether oxygens (including phenoxy) is 2. The van der Waals surface area contributed by atoms with Gasteiger partial charge in [-0.25, -0.2) is 4.79 Å². The molecule has 16 heavy (non-hydrogen) atoms. The van der Waals surface area contributed by atoms with E-state index in [1.165, 1.54) is 0 Å². The molecule has 0 unspecified atom stereocenters. The van der Waals surface area contributed by atoms with Crippen LogP contribution in [0.4, 0.5) is 0 Å². The second kappa shape index (κ2) is 3.70. The van der Waals surface area contributed by atoms with Crippen molar-refractivity contribution in [1.82, 2.24) is 0 Å². The van der Waals surface area contributed by atoms with Gasteiger partial charge in [0.05, 0.1) is 0 Å². The molecular weight excluding hydrogens is 208 g/mol. The van der Waals surface area contributed by atoms with Gasteiger partial charge in [0.1, 0.15) is 6.61 Å². The Hall–Kier alpha value is -1.71. The minimum atomic E-state index is -1.28. The summed E-state index contributed by atoms with van der Waals surface area (Å²) in [6.07, 6.45) is 0. The van der Waals surface area contributed by atoms with Crippen molar-refractivity contribution in [3.63, 3.8) is 0 Å². The Labute approximate surface area is 93.8 Å².